The van der Waals surface area contributed by atoms with Crippen molar-refractivity contribution in [3.8, 4) is 11.5 Å². The number of rotatable bonds is 4. The van der Waals surface area contributed by atoms with E-state index >= 15 is 0 Å². The van der Waals surface area contributed by atoms with E-state index in [2.05, 4.69) is 0 Å². The van der Waals surface area contributed by atoms with Crippen molar-refractivity contribution >= 4 is 21.4 Å². The Morgan fingerprint density at radius 1 is 1.08 bits per heavy atom. The molecule has 0 aliphatic carbocycles. The van der Waals surface area contributed by atoms with Gasteiger partial charge in [0.25, 0.3) is 15.7 Å². The first-order chi connectivity index (χ1) is 11.8. The fraction of sp³-hybridized carbons (Fsp3) is 0.250. The lowest BCUT2D eigenvalue weighted by Crippen LogP contribution is -2.27. The van der Waals surface area contributed by atoms with Crippen LogP contribution < -0.4 is 13.8 Å². The highest BCUT2D eigenvalue weighted by Crippen LogP contribution is 2.35. The second-order valence-electron chi connectivity index (χ2n) is 5.51. The largest absolute Gasteiger partial charge is 0.486 e. The van der Waals surface area contributed by atoms with Crippen LogP contribution in [0.3, 0.4) is 0 Å². The number of fused-ring (bicyclic) bond motifs is 1. The Morgan fingerprint density at radius 3 is 2.44 bits per heavy atom. The summed E-state index contributed by atoms with van der Waals surface area (Å²) in [6.45, 7) is 2.38. The zero-order valence-corrected chi connectivity index (χ0v) is 14.4. The van der Waals surface area contributed by atoms with Gasteiger partial charge in [-0.1, -0.05) is 6.07 Å². The molecule has 1 heterocycles. The van der Waals surface area contributed by atoms with Crippen LogP contribution in [0.1, 0.15) is 5.56 Å². The Labute approximate surface area is 144 Å². The van der Waals surface area contributed by atoms with E-state index in [0.29, 0.717) is 36.0 Å². The smallest absolute Gasteiger partial charge is 0.273 e. The molecule has 1 aliphatic rings. The maximum absolute atomic E-state index is 12.8. The molecule has 0 saturated heterocycles. The molecule has 0 amide bonds. The van der Waals surface area contributed by atoms with Crippen molar-refractivity contribution in [3.05, 3.63) is 52.1 Å². The molecule has 3 rings (SSSR count). The van der Waals surface area contributed by atoms with Gasteiger partial charge in [-0.25, -0.2) is 8.42 Å². The molecule has 0 atom stereocenters. The summed E-state index contributed by atoms with van der Waals surface area (Å²) >= 11 is 0. The SMILES string of the molecule is Cc1ccc(S(=O)(=O)N(C)c2ccc3c(c2)OCCO3)cc1[N+](=O)[O-]. The van der Waals surface area contributed by atoms with Gasteiger partial charge in [-0.2, -0.15) is 0 Å². The van der Waals surface area contributed by atoms with Crippen LogP contribution in [-0.2, 0) is 10.0 Å². The second kappa shape index (κ2) is 6.25. The van der Waals surface area contributed by atoms with Crippen LogP contribution in [0, 0.1) is 17.0 Å². The van der Waals surface area contributed by atoms with Crippen LogP contribution in [0.4, 0.5) is 11.4 Å². The monoisotopic (exact) mass is 364 g/mol. The molecule has 0 spiro atoms. The van der Waals surface area contributed by atoms with Gasteiger partial charge in [0.05, 0.1) is 15.5 Å². The molecule has 0 fully saturated rings. The van der Waals surface area contributed by atoms with Gasteiger partial charge in [-0.15, -0.1) is 0 Å². The van der Waals surface area contributed by atoms with Crippen molar-refractivity contribution < 1.29 is 22.8 Å². The Hall–Kier alpha value is -2.81. The third kappa shape index (κ3) is 3.10. The predicted molar refractivity (Wildman–Crippen MR) is 90.9 cm³/mol. The van der Waals surface area contributed by atoms with E-state index in [9.17, 15) is 18.5 Å². The van der Waals surface area contributed by atoms with Gasteiger partial charge in [0, 0.05) is 24.7 Å². The number of sulfonamides is 1. The molecular formula is C16H16N2O6S. The summed E-state index contributed by atoms with van der Waals surface area (Å²) in [6, 6.07) is 8.63. The standard InChI is InChI=1S/C16H16N2O6S/c1-11-3-5-13(10-14(11)18(19)20)25(21,22)17(2)12-4-6-15-16(9-12)24-8-7-23-15/h3-6,9-10H,7-8H2,1-2H3. The zero-order chi connectivity index (χ0) is 18.2. The topological polar surface area (TPSA) is 99.0 Å². The molecular weight excluding hydrogens is 348 g/mol. The van der Waals surface area contributed by atoms with Gasteiger partial charge in [0.1, 0.15) is 13.2 Å². The maximum atomic E-state index is 12.8. The maximum Gasteiger partial charge on any atom is 0.273 e. The Bertz CT molecular complexity index is 942. The summed E-state index contributed by atoms with van der Waals surface area (Å²) < 4.78 is 37.6. The number of hydrogen-bond donors (Lipinski definition) is 0. The van der Waals surface area contributed by atoms with Crippen LogP contribution in [-0.4, -0.2) is 33.6 Å². The number of benzene rings is 2. The normalized spacial score (nSPS) is 13.4. The van der Waals surface area contributed by atoms with Crippen LogP contribution in [0.2, 0.25) is 0 Å². The predicted octanol–water partition coefficient (Wildman–Crippen LogP) is 2.50. The van der Waals surface area contributed by atoms with Crippen molar-refractivity contribution in [1.82, 2.24) is 0 Å². The first-order valence-electron chi connectivity index (χ1n) is 7.44. The first kappa shape index (κ1) is 17.0. The van der Waals surface area contributed by atoms with E-state index < -0.39 is 14.9 Å². The molecule has 0 unspecified atom stereocenters. The Kier molecular flexibility index (Phi) is 4.25. The minimum Gasteiger partial charge on any atom is -0.486 e. The van der Waals surface area contributed by atoms with Crippen LogP contribution >= 0.6 is 0 Å². The molecule has 2 aromatic rings. The minimum absolute atomic E-state index is 0.151. The molecule has 2 aromatic carbocycles. The summed E-state index contributed by atoms with van der Waals surface area (Å²) in [5.41, 5.74) is 0.523. The number of aryl methyl sites for hydroxylation is 1. The average molecular weight is 364 g/mol. The third-order valence-electron chi connectivity index (χ3n) is 3.93. The summed E-state index contributed by atoms with van der Waals surface area (Å²) in [7, 11) is -2.58. The van der Waals surface area contributed by atoms with Crippen molar-refractivity contribution in [1.29, 1.82) is 0 Å². The molecule has 0 bridgehead atoms. The summed E-state index contributed by atoms with van der Waals surface area (Å²) in [4.78, 5) is 10.3. The van der Waals surface area contributed by atoms with Gasteiger partial charge in [0.15, 0.2) is 11.5 Å². The molecule has 0 radical (unpaired) electrons. The van der Waals surface area contributed by atoms with Gasteiger partial charge >= 0.3 is 0 Å². The number of nitrogens with zero attached hydrogens (tertiary/aromatic N) is 2. The number of anilines is 1. The lowest BCUT2D eigenvalue weighted by Gasteiger charge is -2.23. The van der Waals surface area contributed by atoms with Gasteiger partial charge in [0.2, 0.25) is 0 Å². The van der Waals surface area contributed by atoms with Crippen molar-refractivity contribution in [2.75, 3.05) is 24.6 Å². The summed E-state index contributed by atoms with van der Waals surface area (Å²) in [5.74, 6) is 1.01. The Morgan fingerprint density at radius 2 is 1.76 bits per heavy atom. The quantitative estimate of drug-likeness (QED) is 0.610. The lowest BCUT2D eigenvalue weighted by atomic mass is 10.2. The van der Waals surface area contributed by atoms with E-state index in [-0.39, 0.29) is 10.6 Å². The van der Waals surface area contributed by atoms with E-state index in [1.54, 1.807) is 25.1 Å². The third-order valence-corrected chi connectivity index (χ3v) is 5.71. The molecule has 0 N–H and O–H groups in total. The molecule has 9 heteroatoms. The molecule has 0 aromatic heterocycles. The van der Waals surface area contributed by atoms with Crippen molar-refractivity contribution in [2.45, 2.75) is 11.8 Å². The molecule has 25 heavy (non-hydrogen) atoms. The molecule has 132 valence electrons. The summed E-state index contributed by atoms with van der Waals surface area (Å²) in [5, 5.41) is 11.1. The number of nitro groups is 1. The highest BCUT2D eigenvalue weighted by Gasteiger charge is 2.25. The highest BCUT2D eigenvalue weighted by molar-refractivity contribution is 7.92. The lowest BCUT2D eigenvalue weighted by molar-refractivity contribution is -0.385. The minimum atomic E-state index is -3.96. The molecule has 0 saturated carbocycles. The van der Waals surface area contributed by atoms with Crippen LogP contribution in [0.5, 0.6) is 11.5 Å². The fourth-order valence-electron chi connectivity index (χ4n) is 2.47. The fourth-order valence-corrected chi connectivity index (χ4v) is 3.68. The second-order valence-corrected chi connectivity index (χ2v) is 7.48. The molecule has 1 aliphatic heterocycles. The Balaban J connectivity index is 2.00. The number of ether oxygens (including phenoxy) is 2. The average Bonchev–Trinajstić information content (AvgIpc) is 2.60. The van der Waals surface area contributed by atoms with Gasteiger partial charge < -0.3 is 9.47 Å². The van der Waals surface area contributed by atoms with Gasteiger partial charge in [-0.3, -0.25) is 14.4 Å². The van der Waals surface area contributed by atoms with Gasteiger partial charge in [-0.05, 0) is 25.1 Å². The van der Waals surface area contributed by atoms with E-state index in [0.717, 1.165) is 10.4 Å². The van der Waals surface area contributed by atoms with E-state index in [4.69, 9.17) is 9.47 Å². The first-order valence-corrected chi connectivity index (χ1v) is 8.88. The molecule has 8 nitrogen and oxygen atoms in total. The van der Waals surface area contributed by atoms with Crippen molar-refractivity contribution in [2.24, 2.45) is 0 Å². The van der Waals surface area contributed by atoms with Crippen LogP contribution in [0.15, 0.2) is 41.3 Å². The van der Waals surface area contributed by atoms with E-state index in [1.807, 2.05) is 0 Å². The highest BCUT2D eigenvalue weighted by atomic mass is 32.2. The van der Waals surface area contributed by atoms with Crippen molar-refractivity contribution in [3.63, 3.8) is 0 Å². The van der Waals surface area contributed by atoms with Crippen LogP contribution in [0.25, 0.3) is 0 Å². The van der Waals surface area contributed by atoms with E-state index in [1.165, 1.54) is 19.2 Å². The number of nitro benzene ring substituents is 1. The summed E-state index contributed by atoms with van der Waals surface area (Å²) in [6.07, 6.45) is 0. The number of hydrogen-bond acceptors (Lipinski definition) is 6. The zero-order valence-electron chi connectivity index (χ0n) is 13.6.